The third-order valence-electron chi connectivity index (χ3n) is 3.96. The first-order valence-electron chi connectivity index (χ1n) is 7.73. The molecule has 1 aromatic heterocycles. The Balaban J connectivity index is 0.00000220. The minimum atomic E-state index is 0. The van der Waals surface area contributed by atoms with E-state index in [0.29, 0.717) is 6.54 Å². The van der Waals surface area contributed by atoms with E-state index in [0.717, 1.165) is 24.1 Å². The third-order valence-corrected chi connectivity index (χ3v) is 3.96. The minimum absolute atomic E-state index is 0. The van der Waals surface area contributed by atoms with Crippen molar-refractivity contribution in [1.82, 2.24) is 15.6 Å². The number of nitrogens with one attached hydrogen (secondary N) is 2. The molecule has 0 aliphatic heterocycles. The van der Waals surface area contributed by atoms with E-state index in [4.69, 9.17) is 0 Å². The molecule has 2 rings (SSSR count). The van der Waals surface area contributed by atoms with Crippen molar-refractivity contribution in [2.24, 2.45) is 10.9 Å². The first kappa shape index (κ1) is 18.2. The highest BCUT2D eigenvalue weighted by Gasteiger charge is 2.12. The highest BCUT2D eigenvalue weighted by Crippen LogP contribution is 2.25. The molecular formula is C16H27IN4. The van der Waals surface area contributed by atoms with E-state index in [9.17, 15) is 0 Å². The van der Waals surface area contributed by atoms with Crippen molar-refractivity contribution < 1.29 is 0 Å². The summed E-state index contributed by atoms with van der Waals surface area (Å²) in [5.41, 5.74) is 1.03. The zero-order valence-corrected chi connectivity index (χ0v) is 15.2. The lowest BCUT2D eigenvalue weighted by molar-refractivity contribution is 0.339. The van der Waals surface area contributed by atoms with Crippen LogP contribution in [-0.2, 0) is 6.54 Å². The molecule has 1 saturated carbocycles. The molecule has 0 radical (unpaired) electrons. The number of nitrogens with zero attached hydrogens (tertiary/aromatic N) is 2. The molecule has 0 saturated heterocycles. The molecule has 4 nitrogen and oxygen atoms in total. The van der Waals surface area contributed by atoms with E-state index in [1.54, 1.807) is 0 Å². The van der Waals surface area contributed by atoms with Gasteiger partial charge in [0.15, 0.2) is 5.96 Å². The predicted octanol–water partition coefficient (Wildman–Crippen LogP) is 3.34. The molecule has 0 bridgehead atoms. The molecule has 2 N–H and O–H groups in total. The van der Waals surface area contributed by atoms with Gasteiger partial charge in [0.2, 0.25) is 0 Å². The number of aromatic nitrogens is 1. The van der Waals surface area contributed by atoms with Crippen molar-refractivity contribution >= 4 is 29.9 Å². The maximum absolute atomic E-state index is 4.29. The van der Waals surface area contributed by atoms with Gasteiger partial charge in [-0.2, -0.15) is 0 Å². The van der Waals surface area contributed by atoms with E-state index >= 15 is 0 Å². The van der Waals surface area contributed by atoms with Gasteiger partial charge in [-0.1, -0.05) is 38.2 Å². The van der Waals surface area contributed by atoms with Crippen LogP contribution >= 0.6 is 24.0 Å². The van der Waals surface area contributed by atoms with Gasteiger partial charge < -0.3 is 10.6 Å². The summed E-state index contributed by atoms with van der Waals surface area (Å²) in [7, 11) is 1.81. The van der Waals surface area contributed by atoms with Gasteiger partial charge >= 0.3 is 0 Å². The van der Waals surface area contributed by atoms with Gasteiger partial charge in [0.1, 0.15) is 0 Å². The molecule has 1 aliphatic rings. The van der Waals surface area contributed by atoms with Crippen molar-refractivity contribution in [3.8, 4) is 0 Å². The minimum Gasteiger partial charge on any atom is -0.356 e. The van der Waals surface area contributed by atoms with Crippen molar-refractivity contribution in [1.29, 1.82) is 0 Å². The van der Waals surface area contributed by atoms with E-state index in [-0.39, 0.29) is 24.0 Å². The van der Waals surface area contributed by atoms with E-state index in [1.807, 2.05) is 31.4 Å². The molecule has 0 atom stereocenters. The van der Waals surface area contributed by atoms with Crippen molar-refractivity contribution in [2.75, 3.05) is 13.6 Å². The molecule has 1 fully saturated rings. The second kappa shape index (κ2) is 10.8. The second-order valence-corrected chi connectivity index (χ2v) is 5.47. The van der Waals surface area contributed by atoms with Crippen LogP contribution < -0.4 is 10.6 Å². The molecule has 118 valence electrons. The van der Waals surface area contributed by atoms with Crippen molar-refractivity contribution in [2.45, 2.75) is 45.1 Å². The van der Waals surface area contributed by atoms with Gasteiger partial charge in [-0.25, -0.2) is 0 Å². The monoisotopic (exact) mass is 402 g/mol. The number of halogens is 1. The van der Waals surface area contributed by atoms with Crippen LogP contribution in [0.3, 0.4) is 0 Å². The Morgan fingerprint density at radius 1 is 1.24 bits per heavy atom. The Morgan fingerprint density at radius 2 is 2.05 bits per heavy atom. The summed E-state index contributed by atoms with van der Waals surface area (Å²) in [6.07, 6.45) is 10.1. The van der Waals surface area contributed by atoms with Crippen LogP contribution in [0, 0.1) is 5.92 Å². The van der Waals surface area contributed by atoms with Gasteiger partial charge in [-0.05, 0) is 24.5 Å². The van der Waals surface area contributed by atoms with Crippen LogP contribution in [-0.4, -0.2) is 24.5 Å². The Morgan fingerprint density at radius 3 is 2.71 bits per heavy atom. The molecule has 0 spiro atoms. The van der Waals surface area contributed by atoms with E-state index in [1.165, 1.54) is 38.5 Å². The zero-order chi connectivity index (χ0) is 14.0. The van der Waals surface area contributed by atoms with Crippen molar-refractivity contribution in [3.63, 3.8) is 0 Å². The summed E-state index contributed by atoms with van der Waals surface area (Å²) in [4.78, 5) is 8.55. The highest BCUT2D eigenvalue weighted by atomic mass is 127. The number of hydrogen-bond acceptors (Lipinski definition) is 2. The number of hydrogen-bond donors (Lipinski definition) is 2. The largest absolute Gasteiger partial charge is 0.356 e. The fourth-order valence-electron chi connectivity index (χ4n) is 2.77. The Kier molecular flexibility index (Phi) is 9.37. The average molecular weight is 402 g/mol. The van der Waals surface area contributed by atoms with E-state index < -0.39 is 0 Å². The summed E-state index contributed by atoms with van der Waals surface area (Å²) in [5.74, 6) is 1.77. The zero-order valence-electron chi connectivity index (χ0n) is 12.8. The van der Waals surface area contributed by atoms with Gasteiger partial charge in [-0.3, -0.25) is 9.98 Å². The quantitative estimate of drug-likeness (QED) is 0.451. The molecular weight excluding hydrogens is 375 g/mol. The third kappa shape index (κ3) is 7.11. The van der Waals surface area contributed by atoms with Gasteiger partial charge in [0, 0.05) is 19.8 Å². The lowest BCUT2D eigenvalue weighted by Crippen LogP contribution is -2.38. The number of guanidine groups is 1. The Hall–Kier alpha value is -0.850. The summed E-state index contributed by atoms with van der Waals surface area (Å²) >= 11 is 0. The topological polar surface area (TPSA) is 49.3 Å². The molecule has 5 heteroatoms. The van der Waals surface area contributed by atoms with Crippen LogP contribution in [0.5, 0.6) is 0 Å². The van der Waals surface area contributed by atoms with Crippen LogP contribution in [0.15, 0.2) is 29.4 Å². The number of aliphatic imine (C=N–C) groups is 1. The molecule has 21 heavy (non-hydrogen) atoms. The van der Waals surface area contributed by atoms with Gasteiger partial charge in [0.25, 0.3) is 0 Å². The molecule has 0 aromatic carbocycles. The standard InChI is InChI=1S/C16H26N4.HI/c1-17-16(20-13-15-9-5-6-11-18-15)19-12-10-14-7-3-2-4-8-14;/h5-6,9,11,14H,2-4,7-8,10,12-13H2,1H3,(H2,17,19,20);1H. The fraction of sp³-hybridized carbons (Fsp3) is 0.625. The van der Waals surface area contributed by atoms with Gasteiger partial charge in [-0.15, -0.1) is 24.0 Å². The predicted molar refractivity (Wildman–Crippen MR) is 99.0 cm³/mol. The maximum atomic E-state index is 4.29. The summed E-state index contributed by atoms with van der Waals surface area (Å²) in [6.45, 7) is 1.72. The Labute approximate surface area is 145 Å². The van der Waals surface area contributed by atoms with Gasteiger partial charge in [0.05, 0.1) is 12.2 Å². The fourth-order valence-corrected chi connectivity index (χ4v) is 2.77. The lowest BCUT2D eigenvalue weighted by atomic mass is 9.87. The van der Waals surface area contributed by atoms with E-state index in [2.05, 4.69) is 20.6 Å². The summed E-state index contributed by atoms with van der Waals surface area (Å²) in [6, 6.07) is 5.95. The Bertz CT molecular complexity index is 402. The second-order valence-electron chi connectivity index (χ2n) is 5.47. The number of pyridine rings is 1. The molecule has 0 amide bonds. The molecule has 1 heterocycles. The molecule has 1 aromatic rings. The van der Waals surface area contributed by atoms with Crippen LogP contribution in [0.1, 0.15) is 44.2 Å². The molecule has 1 aliphatic carbocycles. The summed E-state index contributed by atoms with van der Waals surface area (Å²) < 4.78 is 0. The molecule has 0 unspecified atom stereocenters. The first-order valence-corrected chi connectivity index (χ1v) is 7.73. The SMILES string of the molecule is CN=C(NCCC1CCCCC1)NCc1ccccn1.I. The lowest BCUT2D eigenvalue weighted by Gasteiger charge is -2.22. The van der Waals surface area contributed by atoms with Crippen LogP contribution in [0.2, 0.25) is 0 Å². The normalized spacial score (nSPS) is 16.1. The van der Waals surface area contributed by atoms with Crippen LogP contribution in [0.25, 0.3) is 0 Å². The average Bonchev–Trinajstić information content (AvgIpc) is 2.52. The smallest absolute Gasteiger partial charge is 0.191 e. The van der Waals surface area contributed by atoms with Crippen LogP contribution in [0.4, 0.5) is 0 Å². The first-order chi connectivity index (χ1) is 9.88. The number of rotatable bonds is 5. The summed E-state index contributed by atoms with van der Waals surface area (Å²) in [5, 5.41) is 6.70. The highest BCUT2D eigenvalue weighted by molar-refractivity contribution is 14.0. The van der Waals surface area contributed by atoms with Crippen molar-refractivity contribution in [3.05, 3.63) is 30.1 Å². The maximum Gasteiger partial charge on any atom is 0.191 e.